The van der Waals surface area contributed by atoms with Gasteiger partial charge in [-0.1, -0.05) is 18.2 Å². The molecule has 22 heavy (non-hydrogen) atoms. The molecule has 0 spiro atoms. The molecule has 0 saturated heterocycles. The minimum Gasteiger partial charge on any atom is -0.315 e. The Hall–Kier alpha value is -1.70. The molecule has 1 amide bonds. The maximum atomic E-state index is 12.0. The molecule has 0 aliphatic carbocycles. The van der Waals surface area contributed by atoms with Gasteiger partial charge in [-0.05, 0) is 35.1 Å². The van der Waals surface area contributed by atoms with Gasteiger partial charge in [0, 0.05) is 19.3 Å². The quantitative estimate of drug-likeness (QED) is 0.905. The number of amides is 1. The summed E-state index contributed by atoms with van der Waals surface area (Å²) in [5.74, 6) is 0.0885. The van der Waals surface area contributed by atoms with Crippen LogP contribution in [0.5, 0.6) is 0 Å². The number of likely N-dealkylation sites (N-methyl/N-ethyl adjacent to an activating group) is 1. The third-order valence-corrected chi connectivity index (χ3v) is 6.55. The largest absolute Gasteiger partial charge is 0.315 e. The molecule has 1 aromatic carbocycles. The second kappa shape index (κ2) is 5.83. The van der Waals surface area contributed by atoms with Crippen LogP contribution in [0.2, 0.25) is 0 Å². The van der Waals surface area contributed by atoms with E-state index in [0.29, 0.717) is 23.6 Å². The molecule has 0 fully saturated rings. The Kier molecular flexibility index (Phi) is 4.03. The highest BCUT2D eigenvalue weighted by atomic mass is 32.2. The van der Waals surface area contributed by atoms with Crippen molar-refractivity contribution in [3.63, 3.8) is 0 Å². The Morgan fingerprint density at radius 1 is 1.32 bits per heavy atom. The van der Waals surface area contributed by atoms with Gasteiger partial charge in [-0.25, -0.2) is 13.1 Å². The summed E-state index contributed by atoms with van der Waals surface area (Å²) in [4.78, 5) is 13.3. The number of fused-ring (bicyclic) bond motifs is 1. The van der Waals surface area contributed by atoms with E-state index in [0.717, 1.165) is 16.8 Å². The first-order valence-electron chi connectivity index (χ1n) is 6.89. The predicted octanol–water partition coefficient (Wildman–Crippen LogP) is 1.79. The molecular formula is C15H16N2O3S2. The second-order valence-corrected chi connectivity index (χ2v) is 8.11. The fraction of sp³-hybridized carbons (Fsp3) is 0.267. The molecule has 0 radical (unpaired) electrons. The summed E-state index contributed by atoms with van der Waals surface area (Å²) in [6.45, 7) is 0.336. The smallest absolute Gasteiger partial charge is 0.250 e. The number of hydrogen-bond donors (Lipinski definition) is 1. The number of sulfonamides is 1. The van der Waals surface area contributed by atoms with Crippen molar-refractivity contribution in [2.45, 2.75) is 17.1 Å². The number of anilines is 1. The second-order valence-electron chi connectivity index (χ2n) is 5.17. The number of benzene rings is 1. The van der Waals surface area contributed by atoms with Gasteiger partial charge in [0.15, 0.2) is 0 Å². The Bertz CT molecular complexity index is 798. The number of carbonyl (C=O) groups is 1. The minimum atomic E-state index is -3.41. The maximum absolute atomic E-state index is 12.0. The predicted molar refractivity (Wildman–Crippen MR) is 86.8 cm³/mol. The van der Waals surface area contributed by atoms with Crippen molar-refractivity contribution < 1.29 is 13.2 Å². The zero-order chi connectivity index (χ0) is 15.7. The van der Waals surface area contributed by atoms with Crippen LogP contribution in [0.4, 0.5) is 5.69 Å². The first-order valence-corrected chi connectivity index (χ1v) is 9.25. The highest BCUT2D eigenvalue weighted by molar-refractivity contribution is 7.91. The lowest BCUT2D eigenvalue weighted by molar-refractivity contribution is -0.117. The summed E-state index contributed by atoms with van der Waals surface area (Å²) >= 11 is 1.20. The number of nitrogens with one attached hydrogen (secondary N) is 1. The van der Waals surface area contributed by atoms with E-state index in [1.54, 1.807) is 29.5 Å². The van der Waals surface area contributed by atoms with E-state index in [1.165, 1.54) is 11.3 Å². The van der Waals surface area contributed by atoms with E-state index in [1.807, 2.05) is 18.2 Å². The summed E-state index contributed by atoms with van der Waals surface area (Å²) in [5, 5.41) is 1.74. The lowest BCUT2D eigenvalue weighted by Gasteiger charge is -2.10. The Morgan fingerprint density at radius 2 is 2.14 bits per heavy atom. The Labute approximate surface area is 133 Å². The van der Waals surface area contributed by atoms with Crippen molar-refractivity contribution in [2.24, 2.45) is 0 Å². The molecule has 0 unspecified atom stereocenters. The van der Waals surface area contributed by atoms with Crippen LogP contribution in [0.15, 0.2) is 39.9 Å². The van der Waals surface area contributed by atoms with Gasteiger partial charge in [0.05, 0.1) is 6.42 Å². The SMILES string of the molecule is CN1C(=O)Cc2cc(CCNS(=O)(=O)c3cccs3)ccc21. The van der Waals surface area contributed by atoms with E-state index in [4.69, 9.17) is 0 Å². The van der Waals surface area contributed by atoms with E-state index < -0.39 is 10.0 Å². The van der Waals surface area contributed by atoms with Crippen LogP contribution in [-0.2, 0) is 27.7 Å². The van der Waals surface area contributed by atoms with Gasteiger partial charge < -0.3 is 4.90 Å². The van der Waals surface area contributed by atoms with Crippen LogP contribution in [-0.4, -0.2) is 27.9 Å². The molecule has 0 saturated carbocycles. The van der Waals surface area contributed by atoms with Crippen LogP contribution >= 0.6 is 11.3 Å². The molecular weight excluding hydrogens is 320 g/mol. The van der Waals surface area contributed by atoms with Crippen LogP contribution in [0.3, 0.4) is 0 Å². The van der Waals surface area contributed by atoms with Crippen LogP contribution in [0, 0.1) is 0 Å². The average molecular weight is 336 g/mol. The molecule has 7 heteroatoms. The fourth-order valence-electron chi connectivity index (χ4n) is 2.50. The summed E-state index contributed by atoms with van der Waals surface area (Å²) in [7, 11) is -1.64. The van der Waals surface area contributed by atoms with Crippen molar-refractivity contribution in [3.05, 3.63) is 46.8 Å². The zero-order valence-electron chi connectivity index (χ0n) is 12.1. The first kappa shape index (κ1) is 15.2. The molecule has 1 N–H and O–H groups in total. The van der Waals surface area contributed by atoms with Gasteiger partial charge >= 0.3 is 0 Å². The number of carbonyl (C=O) groups excluding carboxylic acids is 1. The molecule has 1 aliphatic rings. The lowest BCUT2D eigenvalue weighted by atomic mass is 10.1. The van der Waals surface area contributed by atoms with E-state index in [9.17, 15) is 13.2 Å². The van der Waals surface area contributed by atoms with Gasteiger partial charge in [-0.3, -0.25) is 4.79 Å². The molecule has 5 nitrogen and oxygen atoms in total. The van der Waals surface area contributed by atoms with Gasteiger partial charge in [-0.15, -0.1) is 11.3 Å². The monoisotopic (exact) mass is 336 g/mol. The van der Waals surface area contributed by atoms with Crippen molar-refractivity contribution >= 4 is 33.0 Å². The Balaban J connectivity index is 1.64. The first-order chi connectivity index (χ1) is 10.5. The van der Waals surface area contributed by atoms with Gasteiger partial charge in [0.25, 0.3) is 0 Å². The molecule has 1 aliphatic heterocycles. The summed E-state index contributed by atoms with van der Waals surface area (Å²) in [6.07, 6.45) is 1.01. The van der Waals surface area contributed by atoms with Gasteiger partial charge in [0.1, 0.15) is 4.21 Å². The molecule has 1 aromatic heterocycles. The van der Waals surface area contributed by atoms with E-state index in [2.05, 4.69) is 4.72 Å². The fourth-order valence-corrected chi connectivity index (χ4v) is 4.57. The van der Waals surface area contributed by atoms with Crippen LogP contribution in [0.1, 0.15) is 11.1 Å². The van der Waals surface area contributed by atoms with Crippen molar-refractivity contribution in [2.75, 3.05) is 18.5 Å². The van der Waals surface area contributed by atoms with Crippen molar-refractivity contribution in [3.8, 4) is 0 Å². The lowest BCUT2D eigenvalue weighted by Crippen LogP contribution is -2.25. The summed E-state index contributed by atoms with van der Waals surface area (Å²) < 4.78 is 26.9. The van der Waals surface area contributed by atoms with E-state index >= 15 is 0 Å². The molecule has 116 valence electrons. The van der Waals surface area contributed by atoms with Gasteiger partial charge in [0.2, 0.25) is 15.9 Å². The molecule has 0 atom stereocenters. The van der Waals surface area contributed by atoms with Crippen molar-refractivity contribution in [1.29, 1.82) is 0 Å². The normalized spacial score (nSPS) is 14.4. The molecule has 2 heterocycles. The number of thiophene rings is 1. The topological polar surface area (TPSA) is 66.5 Å². The maximum Gasteiger partial charge on any atom is 0.250 e. The number of hydrogen-bond acceptors (Lipinski definition) is 4. The third-order valence-electron chi connectivity index (χ3n) is 3.69. The summed E-state index contributed by atoms with van der Waals surface area (Å²) in [5.41, 5.74) is 2.97. The Morgan fingerprint density at radius 3 is 2.86 bits per heavy atom. The number of rotatable bonds is 5. The van der Waals surface area contributed by atoms with Gasteiger partial charge in [-0.2, -0.15) is 0 Å². The summed E-state index contributed by atoms with van der Waals surface area (Å²) in [6, 6.07) is 9.14. The number of nitrogens with zero attached hydrogens (tertiary/aromatic N) is 1. The molecule has 3 rings (SSSR count). The molecule has 0 bridgehead atoms. The zero-order valence-corrected chi connectivity index (χ0v) is 13.7. The van der Waals surface area contributed by atoms with E-state index in [-0.39, 0.29) is 5.91 Å². The highest BCUT2D eigenvalue weighted by Crippen LogP contribution is 2.28. The average Bonchev–Trinajstić information content (AvgIpc) is 3.09. The minimum absolute atomic E-state index is 0.0885. The van der Waals surface area contributed by atoms with Crippen LogP contribution in [0.25, 0.3) is 0 Å². The molecule has 2 aromatic rings. The highest BCUT2D eigenvalue weighted by Gasteiger charge is 2.23. The standard InChI is InChI=1S/C15H16N2O3S2/c1-17-13-5-4-11(9-12(13)10-14(17)18)6-7-16-22(19,20)15-3-2-8-21-15/h2-5,8-9,16H,6-7,10H2,1H3. The van der Waals surface area contributed by atoms with Crippen LogP contribution < -0.4 is 9.62 Å². The van der Waals surface area contributed by atoms with Crippen molar-refractivity contribution in [1.82, 2.24) is 4.72 Å². The third kappa shape index (κ3) is 2.92.